The first kappa shape index (κ1) is 32.0. The molecule has 0 fully saturated rings. The maximum Gasteiger partial charge on any atom is 0.472 e. The zero-order valence-corrected chi connectivity index (χ0v) is 22.0. The van der Waals surface area contributed by atoms with Crippen molar-refractivity contribution in [2.45, 2.75) is 123 Å². The van der Waals surface area contributed by atoms with E-state index in [1.165, 1.54) is 44.9 Å². The molecule has 2 atom stereocenters. The van der Waals surface area contributed by atoms with E-state index in [9.17, 15) is 19.0 Å². The second kappa shape index (κ2) is 21.6. The molecule has 0 saturated heterocycles. The summed E-state index contributed by atoms with van der Waals surface area (Å²) in [5.41, 5.74) is 0. The Hall–Kier alpha value is -0.950. The summed E-state index contributed by atoms with van der Waals surface area (Å²) in [4.78, 5) is 33.6. The minimum absolute atomic E-state index is 0.220. The number of rotatable bonds is 23. The molecule has 0 aliphatic rings. The Labute approximate surface area is 200 Å². The van der Waals surface area contributed by atoms with E-state index in [-0.39, 0.29) is 19.0 Å². The lowest BCUT2D eigenvalue weighted by Gasteiger charge is -2.19. The van der Waals surface area contributed by atoms with E-state index >= 15 is 0 Å². The van der Waals surface area contributed by atoms with Gasteiger partial charge in [-0.3, -0.25) is 18.6 Å². The van der Waals surface area contributed by atoms with E-state index < -0.39 is 26.5 Å². The molecular formula is C24H47O8P. The van der Waals surface area contributed by atoms with Crippen LogP contribution in [0, 0.1) is 0 Å². The highest BCUT2D eigenvalue weighted by Gasteiger charge is 2.24. The van der Waals surface area contributed by atoms with Gasteiger partial charge in [-0.2, -0.15) is 0 Å². The van der Waals surface area contributed by atoms with Crippen LogP contribution in [-0.2, 0) is 32.7 Å². The van der Waals surface area contributed by atoms with Crippen molar-refractivity contribution in [3.63, 3.8) is 0 Å². The summed E-state index contributed by atoms with van der Waals surface area (Å²) < 4.78 is 31.3. The summed E-state index contributed by atoms with van der Waals surface area (Å²) in [6.07, 6.45) is 14.8. The Morgan fingerprint density at radius 2 is 1.18 bits per heavy atom. The first-order chi connectivity index (χ1) is 15.8. The third-order valence-corrected chi connectivity index (χ3v) is 6.29. The van der Waals surface area contributed by atoms with E-state index in [1.807, 2.05) is 0 Å². The molecule has 0 aliphatic carbocycles. The molecule has 1 N–H and O–H groups in total. The molecule has 0 amide bonds. The second-order valence-electron chi connectivity index (χ2n) is 8.48. The van der Waals surface area contributed by atoms with Crippen LogP contribution in [-0.4, -0.2) is 43.3 Å². The Morgan fingerprint density at radius 1 is 0.727 bits per heavy atom. The van der Waals surface area contributed by atoms with Gasteiger partial charge in [0.25, 0.3) is 0 Å². The largest absolute Gasteiger partial charge is 0.472 e. The second-order valence-corrected chi connectivity index (χ2v) is 10.0. The SMILES string of the molecule is CCCCCCCCCC(=O)OC[C@@H](COP(=O)(O)OC)OC(=O)CCCCCCCCC. The molecule has 0 bridgehead atoms. The van der Waals surface area contributed by atoms with Gasteiger partial charge >= 0.3 is 19.8 Å². The number of hydrogen-bond acceptors (Lipinski definition) is 7. The van der Waals surface area contributed by atoms with Crippen LogP contribution in [0.15, 0.2) is 0 Å². The predicted octanol–water partition coefficient (Wildman–Crippen LogP) is 6.49. The van der Waals surface area contributed by atoms with Gasteiger partial charge in [0.05, 0.1) is 6.61 Å². The molecule has 8 nitrogen and oxygen atoms in total. The quantitative estimate of drug-likeness (QED) is 0.0976. The number of esters is 2. The van der Waals surface area contributed by atoms with Gasteiger partial charge < -0.3 is 14.4 Å². The standard InChI is InChI=1S/C24H47O8P/c1-4-6-8-10-12-14-16-18-23(25)30-20-22(21-31-33(27,28)29-3)32-24(26)19-17-15-13-11-9-7-5-2/h22H,4-21H2,1-3H3,(H,27,28)/t22-/m0/s1. The average Bonchev–Trinajstić information content (AvgIpc) is 2.79. The minimum Gasteiger partial charge on any atom is -0.462 e. The van der Waals surface area contributed by atoms with E-state index in [4.69, 9.17) is 14.0 Å². The summed E-state index contributed by atoms with van der Waals surface area (Å²) in [6, 6.07) is 0. The van der Waals surface area contributed by atoms with Gasteiger partial charge in [-0.15, -0.1) is 0 Å². The van der Waals surface area contributed by atoms with Crippen molar-refractivity contribution in [3.05, 3.63) is 0 Å². The topological polar surface area (TPSA) is 108 Å². The van der Waals surface area contributed by atoms with Crippen molar-refractivity contribution in [3.8, 4) is 0 Å². The third-order valence-electron chi connectivity index (χ3n) is 5.35. The number of phosphoric ester groups is 1. The van der Waals surface area contributed by atoms with Gasteiger partial charge in [-0.1, -0.05) is 90.9 Å². The highest BCUT2D eigenvalue weighted by atomic mass is 31.2. The van der Waals surface area contributed by atoms with Crippen LogP contribution >= 0.6 is 7.82 Å². The van der Waals surface area contributed by atoms with Crippen LogP contribution in [0.25, 0.3) is 0 Å². The van der Waals surface area contributed by atoms with Crippen molar-refractivity contribution >= 4 is 19.8 Å². The fourth-order valence-corrected chi connectivity index (χ4v) is 3.76. The maximum atomic E-state index is 12.2. The van der Waals surface area contributed by atoms with E-state index in [0.717, 1.165) is 45.6 Å². The molecule has 0 aliphatic heterocycles. The number of phosphoric acid groups is 1. The molecule has 196 valence electrons. The molecule has 0 rings (SSSR count). The third kappa shape index (κ3) is 21.3. The number of hydrogen-bond donors (Lipinski definition) is 1. The summed E-state index contributed by atoms with van der Waals surface area (Å²) in [7, 11) is -3.18. The van der Waals surface area contributed by atoms with Crippen LogP contribution in [0.4, 0.5) is 0 Å². The van der Waals surface area contributed by atoms with Crippen molar-refractivity contribution in [1.82, 2.24) is 0 Å². The smallest absolute Gasteiger partial charge is 0.462 e. The summed E-state index contributed by atoms with van der Waals surface area (Å²) >= 11 is 0. The Kier molecular flexibility index (Phi) is 21.0. The van der Waals surface area contributed by atoms with Crippen molar-refractivity contribution in [2.75, 3.05) is 20.3 Å². The number of unbranched alkanes of at least 4 members (excludes halogenated alkanes) is 12. The lowest BCUT2D eigenvalue weighted by Crippen LogP contribution is -2.29. The fraction of sp³-hybridized carbons (Fsp3) is 0.917. The van der Waals surface area contributed by atoms with Crippen molar-refractivity contribution in [2.24, 2.45) is 0 Å². The van der Waals surface area contributed by atoms with Gasteiger partial charge in [0.1, 0.15) is 6.61 Å². The van der Waals surface area contributed by atoms with Crippen molar-refractivity contribution in [1.29, 1.82) is 0 Å². The molecule has 0 heterocycles. The molecule has 1 unspecified atom stereocenters. The summed E-state index contributed by atoms with van der Waals surface area (Å²) in [5, 5.41) is 0. The maximum absolute atomic E-state index is 12.2. The predicted molar refractivity (Wildman–Crippen MR) is 129 cm³/mol. The Bertz CT molecular complexity index is 541. The molecule has 0 aromatic heterocycles. The van der Waals surface area contributed by atoms with E-state index in [0.29, 0.717) is 12.8 Å². The number of carbonyl (C=O) groups is 2. The molecular weight excluding hydrogens is 447 g/mol. The molecule has 0 aromatic rings. The zero-order valence-electron chi connectivity index (χ0n) is 21.1. The number of carbonyl (C=O) groups excluding carboxylic acids is 2. The van der Waals surface area contributed by atoms with E-state index in [2.05, 4.69) is 18.4 Å². The zero-order chi connectivity index (χ0) is 24.8. The van der Waals surface area contributed by atoms with Gasteiger partial charge in [-0.05, 0) is 12.8 Å². The lowest BCUT2D eigenvalue weighted by atomic mass is 10.1. The van der Waals surface area contributed by atoms with Gasteiger partial charge in [-0.25, -0.2) is 4.57 Å². The van der Waals surface area contributed by atoms with Crippen LogP contribution in [0.1, 0.15) is 117 Å². The lowest BCUT2D eigenvalue weighted by molar-refractivity contribution is -0.161. The van der Waals surface area contributed by atoms with Crippen molar-refractivity contribution < 1.29 is 37.6 Å². The van der Waals surface area contributed by atoms with Crippen LogP contribution in [0.5, 0.6) is 0 Å². The summed E-state index contributed by atoms with van der Waals surface area (Å²) in [5.74, 6) is -0.818. The highest BCUT2D eigenvalue weighted by molar-refractivity contribution is 7.47. The van der Waals surface area contributed by atoms with Gasteiger partial charge in [0.15, 0.2) is 6.10 Å². The molecule has 9 heteroatoms. The fourth-order valence-electron chi connectivity index (χ4n) is 3.30. The number of ether oxygens (including phenoxy) is 2. The minimum atomic E-state index is -4.22. The Balaban J connectivity index is 4.27. The van der Waals surface area contributed by atoms with Crippen LogP contribution in [0.3, 0.4) is 0 Å². The molecule has 0 radical (unpaired) electrons. The van der Waals surface area contributed by atoms with Gasteiger partial charge in [0, 0.05) is 20.0 Å². The molecule has 0 saturated carbocycles. The molecule has 0 spiro atoms. The first-order valence-electron chi connectivity index (χ1n) is 12.7. The normalized spacial score (nSPS) is 13.9. The average molecular weight is 495 g/mol. The molecule has 0 aromatic carbocycles. The summed E-state index contributed by atoms with van der Waals surface area (Å²) in [6.45, 7) is 3.73. The Morgan fingerprint density at radius 3 is 1.67 bits per heavy atom. The van der Waals surface area contributed by atoms with E-state index in [1.54, 1.807) is 0 Å². The van der Waals surface area contributed by atoms with Crippen LogP contribution in [0.2, 0.25) is 0 Å². The monoisotopic (exact) mass is 494 g/mol. The molecule has 33 heavy (non-hydrogen) atoms. The first-order valence-corrected chi connectivity index (χ1v) is 14.2. The van der Waals surface area contributed by atoms with Crippen LogP contribution < -0.4 is 0 Å². The van der Waals surface area contributed by atoms with Gasteiger partial charge in [0.2, 0.25) is 0 Å². The highest BCUT2D eigenvalue weighted by Crippen LogP contribution is 2.42.